The smallest absolute Gasteiger partial charge is 0.0106 e. The van der Waals surface area contributed by atoms with Crippen molar-refractivity contribution < 1.29 is 0 Å². The standard InChI is InChI=1S/C16H29N/c1-4-6-8-9-11-15(10-7-5-2)16-12-13-17(3)14-16/h12-15H,4-11H2,1-3H3. The van der Waals surface area contributed by atoms with Gasteiger partial charge < -0.3 is 4.57 Å². The Labute approximate surface area is 107 Å². The van der Waals surface area contributed by atoms with Crippen LogP contribution in [0.3, 0.4) is 0 Å². The fourth-order valence-corrected chi connectivity index (χ4v) is 2.51. The molecule has 98 valence electrons. The van der Waals surface area contributed by atoms with E-state index in [1.807, 2.05) is 0 Å². The second-order valence-corrected chi connectivity index (χ2v) is 5.30. The fraction of sp³-hybridized carbons (Fsp3) is 0.750. The van der Waals surface area contributed by atoms with Gasteiger partial charge in [0, 0.05) is 19.4 Å². The molecule has 0 aliphatic carbocycles. The molecule has 0 aromatic carbocycles. The molecule has 0 spiro atoms. The van der Waals surface area contributed by atoms with E-state index in [4.69, 9.17) is 0 Å². The number of hydrogen-bond acceptors (Lipinski definition) is 0. The second kappa shape index (κ2) is 8.38. The number of aromatic nitrogens is 1. The maximum Gasteiger partial charge on any atom is 0.0106 e. The first kappa shape index (κ1) is 14.3. The van der Waals surface area contributed by atoms with E-state index < -0.39 is 0 Å². The molecular weight excluding hydrogens is 206 g/mol. The van der Waals surface area contributed by atoms with Gasteiger partial charge in [0.15, 0.2) is 0 Å². The van der Waals surface area contributed by atoms with Crippen LogP contribution < -0.4 is 0 Å². The van der Waals surface area contributed by atoms with Crippen molar-refractivity contribution in [3.8, 4) is 0 Å². The van der Waals surface area contributed by atoms with Gasteiger partial charge in [0.2, 0.25) is 0 Å². The third kappa shape index (κ3) is 5.43. The van der Waals surface area contributed by atoms with Crippen molar-refractivity contribution in [3.05, 3.63) is 24.0 Å². The number of aryl methyl sites for hydroxylation is 1. The highest BCUT2D eigenvalue weighted by Crippen LogP contribution is 2.28. The maximum absolute atomic E-state index is 2.31. The topological polar surface area (TPSA) is 4.93 Å². The summed E-state index contributed by atoms with van der Waals surface area (Å²) in [7, 11) is 2.12. The van der Waals surface area contributed by atoms with Crippen LogP contribution >= 0.6 is 0 Å². The normalized spacial score (nSPS) is 12.9. The average Bonchev–Trinajstić information content (AvgIpc) is 2.75. The van der Waals surface area contributed by atoms with Crippen molar-refractivity contribution in [3.63, 3.8) is 0 Å². The van der Waals surface area contributed by atoms with E-state index in [1.165, 1.54) is 51.4 Å². The Morgan fingerprint density at radius 2 is 1.71 bits per heavy atom. The third-order valence-electron chi connectivity index (χ3n) is 3.64. The van der Waals surface area contributed by atoms with E-state index in [0.717, 1.165) is 5.92 Å². The Morgan fingerprint density at radius 3 is 2.29 bits per heavy atom. The summed E-state index contributed by atoms with van der Waals surface area (Å²) < 4.78 is 2.18. The molecule has 1 aromatic rings. The largest absolute Gasteiger partial charge is 0.357 e. The zero-order valence-electron chi connectivity index (χ0n) is 11.9. The molecule has 1 atom stereocenters. The fourth-order valence-electron chi connectivity index (χ4n) is 2.51. The second-order valence-electron chi connectivity index (χ2n) is 5.30. The van der Waals surface area contributed by atoms with Gasteiger partial charge in [-0.1, -0.05) is 52.4 Å². The van der Waals surface area contributed by atoms with Crippen LogP contribution in [0.4, 0.5) is 0 Å². The summed E-state index contributed by atoms with van der Waals surface area (Å²) in [6.07, 6.45) is 15.5. The molecule has 0 bridgehead atoms. The summed E-state index contributed by atoms with van der Waals surface area (Å²) >= 11 is 0. The highest BCUT2D eigenvalue weighted by atomic mass is 14.9. The molecule has 0 fully saturated rings. The molecule has 0 aliphatic rings. The molecule has 1 heterocycles. The van der Waals surface area contributed by atoms with Crippen molar-refractivity contribution in [2.75, 3.05) is 0 Å². The summed E-state index contributed by atoms with van der Waals surface area (Å²) in [5.74, 6) is 0.799. The Bertz CT molecular complexity index is 287. The lowest BCUT2D eigenvalue weighted by Crippen LogP contribution is -1.98. The van der Waals surface area contributed by atoms with Gasteiger partial charge in [-0.3, -0.25) is 0 Å². The van der Waals surface area contributed by atoms with Crippen LogP contribution in [0.15, 0.2) is 18.5 Å². The minimum Gasteiger partial charge on any atom is -0.357 e. The lowest BCUT2D eigenvalue weighted by atomic mass is 9.90. The lowest BCUT2D eigenvalue weighted by molar-refractivity contribution is 0.508. The zero-order valence-corrected chi connectivity index (χ0v) is 11.9. The molecule has 0 amide bonds. The van der Waals surface area contributed by atoms with Gasteiger partial charge in [0.25, 0.3) is 0 Å². The predicted molar refractivity (Wildman–Crippen MR) is 76.4 cm³/mol. The summed E-state index contributed by atoms with van der Waals surface area (Å²) in [6, 6.07) is 2.31. The monoisotopic (exact) mass is 235 g/mol. The summed E-state index contributed by atoms with van der Waals surface area (Å²) in [5.41, 5.74) is 1.55. The van der Waals surface area contributed by atoms with Crippen molar-refractivity contribution in [1.82, 2.24) is 4.57 Å². The van der Waals surface area contributed by atoms with Gasteiger partial charge in [-0.2, -0.15) is 0 Å². The highest BCUT2D eigenvalue weighted by molar-refractivity contribution is 5.15. The quantitative estimate of drug-likeness (QED) is 0.514. The average molecular weight is 235 g/mol. The van der Waals surface area contributed by atoms with Crippen LogP contribution in [0, 0.1) is 0 Å². The summed E-state index contributed by atoms with van der Waals surface area (Å²) in [6.45, 7) is 4.57. The van der Waals surface area contributed by atoms with E-state index >= 15 is 0 Å². The van der Waals surface area contributed by atoms with Gasteiger partial charge in [0.1, 0.15) is 0 Å². The first-order valence-electron chi connectivity index (χ1n) is 7.39. The number of unbranched alkanes of at least 4 members (excludes halogenated alkanes) is 4. The molecule has 1 unspecified atom stereocenters. The van der Waals surface area contributed by atoms with Gasteiger partial charge in [-0.05, 0) is 30.4 Å². The Balaban J connectivity index is 2.42. The van der Waals surface area contributed by atoms with Gasteiger partial charge >= 0.3 is 0 Å². The van der Waals surface area contributed by atoms with E-state index in [1.54, 1.807) is 5.56 Å². The molecule has 0 radical (unpaired) electrons. The maximum atomic E-state index is 2.31. The summed E-state index contributed by atoms with van der Waals surface area (Å²) in [5, 5.41) is 0. The predicted octanol–water partition coefficient (Wildman–Crippen LogP) is 5.27. The van der Waals surface area contributed by atoms with E-state index in [9.17, 15) is 0 Å². The van der Waals surface area contributed by atoms with Crippen LogP contribution in [0.25, 0.3) is 0 Å². The molecule has 1 nitrogen and oxygen atoms in total. The molecule has 0 saturated heterocycles. The molecule has 0 N–H and O–H groups in total. The minimum atomic E-state index is 0.799. The van der Waals surface area contributed by atoms with Crippen molar-refractivity contribution >= 4 is 0 Å². The number of nitrogens with zero attached hydrogens (tertiary/aromatic N) is 1. The molecule has 17 heavy (non-hydrogen) atoms. The van der Waals surface area contributed by atoms with Crippen molar-refractivity contribution in [2.24, 2.45) is 7.05 Å². The first-order chi connectivity index (χ1) is 8.27. The van der Waals surface area contributed by atoms with Crippen LogP contribution in [-0.4, -0.2) is 4.57 Å². The van der Waals surface area contributed by atoms with Gasteiger partial charge in [-0.25, -0.2) is 0 Å². The van der Waals surface area contributed by atoms with Gasteiger partial charge in [-0.15, -0.1) is 0 Å². The van der Waals surface area contributed by atoms with Crippen molar-refractivity contribution in [1.29, 1.82) is 0 Å². The van der Waals surface area contributed by atoms with Crippen LogP contribution in [0.2, 0.25) is 0 Å². The van der Waals surface area contributed by atoms with Gasteiger partial charge in [0.05, 0.1) is 0 Å². The Kier molecular flexibility index (Phi) is 7.07. The minimum absolute atomic E-state index is 0.799. The van der Waals surface area contributed by atoms with Crippen LogP contribution in [0.5, 0.6) is 0 Å². The molecule has 1 heteroatoms. The summed E-state index contributed by atoms with van der Waals surface area (Å²) in [4.78, 5) is 0. The SMILES string of the molecule is CCCCCCC(CCCC)c1ccn(C)c1. The third-order valence-corrected chi connectivity index (χ3v) is 3.64. The number of rotatable bonds is 9. The first-order valence-corrected chi connectivity index (χ1v) is 7.39. The van der Waals surface area contributed by atoms with E-state index in [-0.39, 0.29) is 0 Å². The molecule has 0 aliphatic heterocycles. The van der Waals surface area contributed by atoms with Crippen LogP contribution in [-0.2, 0) is 7.05 Å². The number of hydrogen-bond donors (Lipinski definition) is 0. The Morgan fingerprint density at radius 1 is 1.00 bits per heavy atom. The van der Waals surface area contributed by atoms with Crippen molar-refractivity contribution in [2.45, 2.75) is 71.1 Å². The van der Waals surface area contributed by atoms with E-state index in [2.05, 4.69) is 43.9 Å². The van der Waals surface area contributed by atoms with Crippen LogP contribution in [0.1, 0.15) is 76.7 Å². The highest BCUT2D eigenvalue weighted by Gasteiger charge is 2.11. The molecular formula is C16H29N. The Hall–Kier alpha value is -0.720. The molecule has 0 saturated carbocycles. The molecule has 1 rings (SSSR count). The van der Waals surface area contributed by atoms with E-state index in [0.29, 0.717) is 0 Å². The molecule has 1 aromatic heterocycles. The zero-order chi connectivity index (χ0) is 12.5. The lowest BCUT2D eigenvalue weighted by Gasteiger charge is -2.15.